The van der Waals surface area contributed by atoms with Gasteiger partial charge in [0.25, 0.3) is 0 Å². The predicted molar refractivity (Wildman–Crippen MR) is 58.2 cm³/mol. The molecule has 0 spiro atoms. The smallest absolute Gasteiger partial charge is 0.123 e. The minimum absolute atomic E-state index is 0.282. The zero-order chi connectivity index (χ0) is 10.9. The molecule has 4 heteroatoms. The van der Waals surface area contributed by atoms with E-state index in [1.807, 2.05) is 0 Å². The zero-order valence-electron chi connectivity index (χ0n) is 8.17. The highest BCUT2D eigenvalue weighted by Gasteiger charge is 2.32. The molecule has 82 valence electrons. The third-order valence-corrected chi connectivity index (χ3v) is 3.38. The van der Waals surface area contributed by atoms with E-state index < -0.39 is 5.60 Å². The van der Waals surface area contributed by atoms with Crippen molar-refractivity contribution in [3.63, 3.8) is 0 Å². The number of ether oxygens (including phenoxy) is 1. The van der Waals surface area contributed by atoms with Crippen molar-refractivity contribution in [2.24, 2.45) is 0 Å². The summed E-state index contributed by atoms with van der Waals surface area (Å²) in [4.78, 5) is 0. The molecule has 1 aliphatic rings. The molecule has 1 atom stereocenters. The van der Waals surface area contributed by atoms with E-state index in [9.17, 15) is 9.50 Å². The normalized spacial score (nSPS) is 25.8. The van der Waals surface area contributed by atoms with Crippen LogP contribution in [0.1, 0.15) is 12.0 Å². The molecule has 0 amide bonds. The molecule has 1 N–H and O–H groups in total. The summed E-state index contributed by atoms with van der Waals surface area (Å²) in [5.74, 6) is -0.282. The van der Waals surface area contributed by atoms with Gasteiger partial charge in [0.2, 0.25) is 0 Å². The fraction of sp³-hybridized carbons (Fsp3) is 0.455. The molecule has 0 bridgehead atoms. The molecular formula is C11H12BrFO2. The lowest BCUT2D eigenvalue weighted by Gasteiger charge is -2.20. The highest BCUT2D eigenvalue weighted by atomic mass is 79.9. The molecule has 0 radical (unpaired) electrons. The Kier molecular flexibility index (Phi) is 3.09. The van der Waals surface area contributed by atoms with E-state index in [0.717, 1.165) is 10.0 Å². The first-order valence-electron chi connectivity index (χ1n) is 4.83. The van der Waals surface area contributed by atoms with Gasteiger partial charge in [-0.1, -0.05) is 15.9 Å². The van der Waals surface area contributed by atoms with Crippen LogP contribution in [0, 0.1) is 5.82 Å². The number of halogens is 2. The van der Waals surface area contributed by atoms with Crippen LogP contribution in [0.3, 0.4) is 0 Å². The van der Waals surface area contributed by atoms with E-state index in [4.69, 9.17) is 4.74 Å². The van der Waals surface area contributed by atoms with Crippen LogP contribution >= 0.6 is 15.9 Å². The molecule has 1 aromatic rings. The maximum atomic E-state index is 13.0. The number of benzene rings is 1. The molecule has 0 aromatic heterocycles. The number of aliphatic hydroxyl groups is 1. The molecule has 1 heterocycles. The van der Waals surface area contributed by atoms with Gasteiger partial charge in [0.1, 0.15) is 5.82 Å². The molecule has 1 unspecified atom stereocenters. The number of hydrogen-bond acceptors (Lipinski definition) is 2. The van der Waals surface area contributed by atoms with E-state index in [1.165, 1.54) is 12.1 Å². The first kappa shape index (κ1) is 11.0. The van der Waals surface area contributed by atoms with Crippen LogP contribution in [-0.2, 0) is 11.2 Å². The highest BCUT2D eigenvalue weighted by molar-refractivity contribution is 9.10. The molecule has 1 aliphatic heterocycles. The molecule has 1 fully saturated rings. The Hall–Kier alpha value is -0.450. The fourth-order valence-corrected chi connectivity index (χ4v) is 2.16. The highest BCUT2D eigenvalue weighted by Crippen LogP contribution is 2.27. The molecule has 1 saturated heterocycles. The number of hydrogen-bond donors (Lipinski definition) is 1. The van der Waals surface area contributed by atoms with E-state index in [-0.39, 0.29) is 5.82 Å². The summed E-state index contributed by atoms with van der Waals surface area (Å²) < 4.78 is 19.0. The summed E-state index contributed by atoms with van der Waals surface area (Å²) in [6.45, 7) is 0.902. The SMILES string of the molecule is OC1(Cc2cc(F)ccc2Br)CCOC1. The molecule has 1 aromatic carbocycles. The maximum absolute atomic E-state index is 13.0. The Labute approximate surface area is 96.2 Å². The lowest BCUT2D eigenvalue weighted by Crippen LogP contribution is -2.31. The van der Waals surface area contributed by atoms with Crippen LogP contribution in [0.2, 0.25) is 0 Å². The van der Waals surface area contributed by atoms with Gasteiger partial charge in [0.05, 0.1) is 12.2 Å². The van der Waals surface area contributed by atoms with Gasteiger partial charge in [-0.05, 0) is 23.8 Å². The minimum Gasteiger partial charge on any atom is -0.387 e. The zero-order valence-corrected chi connectivity index (χ0v) is 9.76. The van der Waals surface area contributed by atoms with Crippen LogP contribution in [0.15, 0.2) is 22.7 Å². The molecule has 2 rings (SSSR count). The standard InChI is InChI=1S/C11H12BrFO2/c12-10-2-1-9(13)5-8(10)6-11(14)3-4-15-7-11/h1-2,5,14H,3-4,6-7H2. The second-order valence-corrected chi connectivity index (χ2v) is 4.79. The van der Waals surface area contributed by atoms with E-state index >= 15 is 0 Å². The van der Waals surface area contributed by atoms with Gasteiger partial charge in [0.15, 0.2) is 0 Å². The maximum Gasteiger partial charge on any atom is 0.123 e. The van der Waals surface area contributed by atoms with Gasteiger partial charge < -0.3 is 9.84 Å². The monoisotopic (exact) mass is 274 g/mol. The average molecular weight is 275 g/mol. The van der Waals surface area contributed by atoms with Crippen LogP contribution in [0.5, 0.6) is 0 Å². The van der Waals surface area contributed by atoms with Gasteiger partial charge in [-0.2, -0.15) is 0 Å². The summed E-state index contributed by atoms with van der Waals surface area (Å²) in [5, 5.41) is 10.1. The largest absolute Gasteiger partial charge is 0.387 e. The Morgan fingerprint density at radius 2 is 2.33 bits per heavy atom. The van der Waals surface area contributed by atoms with Crippen LogP contribution in [-0.4, -0.2) is 23.9 Å². The first-order valence-corrected chi connectivity index (χ1v) is 5.62. The molecule has 15 heavy (non-hydrogen) atoms. The van der Waals surface area contributed by atoms with Gasteiger partial charge in [-0.3, -0.25) is 0 Å². The van der Waals surface area contributed by atoms with Crippen LogP contribution in [0.4, 0.5) is 4.39 Å². The molecular weight excluding hydrogens is 263 g/mol. The second-order valence-electron chi connectivity index (χ2n) is 3.94. The van der Waals surface area contributed by atoms with E-state index in [1.54, 1.807) is 6.07 Å². The third kappa shape index (κ3) is 2.56. The summed E-state index contributed by atoms with van der Waals surface area (Å²) >= 11 is 3.34. The van der Waals surface area contributed by atoms with Crippen molar-refractivity contribution in [2.45, 2.75) is 18.4 Å². The lowest BCUT2D eigenvalue weighted by atomic mass is 9.94. The summed E-state index contributed by atoms with van der Waals surface area (Å²) in [5.41, 5.74) is -0.0564. The first-order chi connectivity index (χ1) is 7.09. The molecule has 0 saturated carbocycles. The van der Waals surface area contributed by atoms with Gasteiger partial charge in [-0.25, -0.2) is 4.39 Å². The van der Waals surface area contributed by atoms with Crippen molar-refractivity contribution < 1.29 is 14.2 Å². The number of rotatable bonds is 2. The van der Waals surface area contributed by atoms with Crippen molar-refractivity contribution in [3.05, 3.63) is 34.1 Å². The van der Waals surface area contributed by atoms with Gasteiger partial charge in [-0.15, -0.1) is 0 Å². The Bertz CT molecular complexity index is 362. The van der Waals surface area contributed by atoms with Crippen molar-refractivity contribution in [1.82, 2.24) is 0 Å². The summed E-state index contributed by atoms with van der Waals surface area (Å²) in [7, 11) is 0. The Morgan fingerprint density at radius 1 is 1.53 bits per heavy atom. The minimum atomic E-state index is -0.837. The lowest BCUT2D eigenvalue weighted by molar-refractivity contribution is 0.0269. The van der Waals surface area contributed by atoms with Crippen LogP contribution < -0.4 is 0 Å². The average Bonchev–Trinajstić information content (AvgIpc) is 2.59. The summed E-state index contributed by atoms with van der Waals surface area (Å²) in [6.07, 6.45) is 1.03. The Morgan fingerprint density at radius 3 is 3.00 bits per heavy atom. The Balaban J connectivity index is 2.19. The van der Waals surface area contributed by atoms with Crippen molar-refractivity contribution in [3.8, 4) is 0 Å². The summed E-state index contributed by atoms with van der Waals surface area (Å²) in [6, 6.07) is 4.49. The topological polar surface area (TPSA) is 29.5 Å². The van der Waals surface area contributed by atoms with E-state index in [2.05, 4.69) is 15.9 Å². The van der Waals surface area contributed by atoms with Crippen molar-refractivity contribution in [2.75, 3.05) is 13.2 Å². The predicted octanol–water partition coefficient (Wildman–Crippen LogP) is 2.28. The van der Waals surface area contributed by atoms with Crippen molar-refractivity contribution >= 4 is 15.9 Å². The van der Waals surface area contributed by atoms with Gasteiger partial charge in [0, 0.05) is 23.9 Å². The van der Waals surface area contributed by atoms with Crippen LogP contribution in [0.25, 0.3) is 0 Å². The fourth-order valence-electron chi connectivity index (χ4n) is 1.77. The second kappa shape index (κ2) is 4.20. The quantitative estimate of drug-likeness (QED) is 0.897. The molecule has 2 nitrogen and oxygen atoms in total. The molecule has 0 aliphatic carbocycles. The van der Waals surface area contributed by atoms with E-state index in [0.29, 0.717) is 26.1 Å². The van der Waals surface area contributed by atoms with Crippen molar-refractivity contribution in [1.29, 1.82) is 0 Å². The van der Waals surface area contributed by atoms with Gasteiger partial charge >= 0.3 is 0 Å². The third-order valence-electron chi connectivity index (χ3n) is 2.61.